The summed E-state index contributed by atoms with van der Waals surface area (Å²) in [5, 5.41) is 5.76. The van der Waals surface area contributed by atoms with Crippen LogP contribution in [-0.2, 0) is 10.2 Å². The number of amides is 1. The van der Waals surface area contributed by atoms with Gasteiger partial charge in [0.05, 0.1) is 0 Å². The Kier molecular flexibility index (Phi) is 5.83. The van der Waals surface area contributed by atoms with Gasteiger partial charge in [0, 0.05) is 13.1 Å². The van der Waals surface area contributed by atoms with E-state index in [0.29, 0.717) is 6.54 Å². The fourth-order valence-electron chi connectivity index (χ4n) is 1.73. The van der Waals surface area contributed by atoms with Crippen LogP contribution < -0.4 is 15.4 Å². The van der Waals surface area contributed by atoms with E-state index in [-0.39, 0.29) is 17.9 Å². The Morgan fingerprint density at radius 1 is 1.21 bits per heavy atom. The summed E-state index contributed by atoms with van der Waals surface area (Å²) >= 11 is 0. The Morgan fingerprint density at radius 3 is 2.53 bits per heavy atom. The molecule has 19 heavy (non-hydrogen) atoms. The zero-order chi connectivity index (χ0) is 14.3. The first-order valence-electron chi connectivity index (χ1n) is 6.58. The van der Waals surface area contributed by atoms with E-state index in [1.54, 1.807) is 0 Å². The highest BCUT2D eigenvalue weighted by atomic mass is 16.5. The third kappa shape index (κ3) is 5.30. The number of ether oxygens (including phenoxy) is 1. The molecule has 0 saturated carbocycles. The Balaban J connectivity index is 2.56. The van der Waals surface area contributed by atoms with Gasteiger partial charge in [-0.05, 0) is 24.1 Å². The molecule has 1 rings (SSSR count). The summed E-state index contributed by atoms with van der Waals surface area (Å²) in [6.07, 6.45) is 0. The van der Waals surface area contributed by atoms with Crippen LogP contribution in [0.4, 0.5) is 0 Å². The molecule has 0 aliphatic carbocycles. The minimum absolute atomic E-state index is 0.000794. The van der Waals surface area contributed by atoms with Gasteiger partial charge < -0.3 is 15.4 Å². The van der Waals surface area contributed by atoms with Crippen LogP contribution in [0.1, 0.15) is 26.3 Å². The normalized spacial score (nSPS) is 11.2. The molecule has 106 valence electrons. The largest absolute Gasteiger partial charge is 0.483 e. The van der Waals surface area contributed by atoms with Gasteiger partial charge in [0.1, 0.15) is 5.75 Å². The molecule has 2 N–H and O–H groups in total. The molecule has 1 amide bonds. The van der Waals surface area contributed by atoms with Crippen LogP contribution in [0.25, 0.3) is 0 Å². The minimum Gasteiger partial charge on any atom is -0.483 e. The lowest BCUT2D eigenvalue weighted by atomic mass is 9.86. The van der Waals surface area contributed by atoms with Crippen molar-refractivity contribution in [2.24, 2.45) is 0 Å². The van der Waals surface area contributed by atoms with Gasteiger partial charge in [0.2, 0.25) is 0 Å². The molecule has 0 atom stereocenters. The predicted octanol–water partition coefficient (Wildman–Crippen LogP) is 1.70. The molecule has 0 aromatic heterocycles. The van der Waals surface area contributed by atoms with Crippen molar-refractivity contribution in [1.82, 2.24) is 10.6 Å². The number of hydrogen-bond acceptors (Lipinski definition) is 3. The van der Waals surface area contributed by atoms with E-state index in [4.69, 9.17) is 4.74 Å². The van der Waals surface area contributed by atoms with Crippen molar-refractivity contribution >= 4 is 5.91 Å². The van der Waals surface area contributed by atoms with E-state index in [1.165, 1.54) is 0 Å². The fraction of sp³-hybridized carbons (Fsp3) is 0.533. The summed E-state index contributed by atoms with van der Waals surface area (Å²) in [6.45, 7) is 7.80. The van der Waals surface area contributed by atoms with E-state index >= 15 is 0 Å². The van der Waals surface area contributed by atoms with Gasteiger partial charge in [-0.25, -0.2) is 0 Å². The molecule has 0 saturated heterocycles. The average molecular weight is 264 g/mol. The molecule has 4 heteroatoms. The summed E-state index contributed by atoms with van der Waals surface area (Å²) in [5.41, 5.74) is 1.11. The maximum atomic E-state index is 11.6. The number of likely N-dealkylation sites (N-methyl/N-ethyl adjacent to an activating group) is 1. The number of hydrogen-bond donors (Lipinski definition) is 2. The van der Waals surface area contributed by atoms with Crippen molar-refractivity contribution in [2.75, 3.05) is 26.7 Å². The van der Waals surface area contributed by atoms with E-state index in [2.05, 4.69) is 31.4 Å². The Hall–Kier alpha value is -1.55. The highest BCUT2D eigenvalue weighted by Gasteiger charge is 2.18. The molecule has 0 bridgehead atoms. The standard InChI is InChI=1S/C15H24N2O2/c1-15(2,3)12-7-5-6-8-13(12)19-11-14(18)17-10-9-16-4/h5-8,16H,9-11H2,1-4H3,(H,17,18). The second kappa shape index (κ2) is 7.14. The number of rotatable bonds is 6. The molecular weight excluding hydrogens is 240 g/mol. The first kappa shape index (κ1) is 15.5. The van der Waals surface area contributed by atoms with Crippen molar-refractivity contribution in [3.05, 3.63) is 29.8 Å². The molecule has 0 aliphatic heterocycles. The quantitative estimate of drug-likeness (QED) is 0.769. The van der Waals surface area contributed by atoms with Crippen molar-refractivity contribution in [3.8, 4) is 5.75 Å². The summed E-state index contributed by atoms with van der Waals surface area (Å²) < 4.78 is 5.62. The first-order chi connectivity index (χ1) is 8.95. The topological polar surface area (TPSA) is 50.4 Å². The molecule has 0 aliphatic rings. The second-order valence-corrected chi connectivity index (χ2v) is 5.49. The number of carbonyl (C=O) groups excluding carboxylic acids is 1. The van der Waals surface area contributed by atoms with Crippen LogP contribution >= 0.6 is 0 Å². The van der Waals surface area contributed by atoms with Crippen LogP contribution in [0, 0.1) is 0 Å². The molecule has 0 unspecified atom stereocenters. The molecule has 0 spiro atoms. The average Bonchev–Trinajstić information content (AvgIpc) is 2.36. The summed E-state index contributed by atoms with van der Waals surface area (Å²) in [6, 6.07) is 7.85. The van der Waals surface area contributed by atoms with E-state index in [9.17, 15) is 4.79 Å². The number of benzene rings is 1. The number of nitrogens with one attached hydrogen (secondary N) is 2. The number of carbonyl (C=O) groups is 1. The molecule has 4 nitrogen and oxygen atoms in total. The highest BCUT2D eigenvalue weighted by Crippen LogP contribution is 2.30. The number of para-hydroxylation sites is 1. The van der Waals surface area contributed by atoms with Crippen molar-refractivity contribution < 1.29 is 9.53 Å². The van der Waals surface area contributed by atoms with Crippen LogP contribution in [0.3, 0.4) is 0 Å². The zero-order valence-corrected chi connectivity index (χ0v) is 12.2. The van der Waals surface area contributed by atoms with E-state index in [1.807, 2.05) is 31.3 Å². The van der Waals surface area contributed by atoms with E-state index < -0.39 is 0 Å². The summed E-state index contributed by atoms with van der Waals surface area (Å²) in [7, 11) is 1.85. The van der Waals surface area contributed by atoms with Crippen molar-refractivity contribution in [1.29, 1.82) is 0 Å². The first-order valence-corrected chi connectivity index (χ1v) is 6.58. The predicted molar refractivity (Wildman–Crippen MR) is 77.6 cm³/mol. The van der Waals surface area contributed by atoms with Gasteiger partial charge in [-0.2, -0.15) is 0 Å². The van der Waals surface area contributed by atoms with Crippen molar-refractivity contribution in [3.63, 3.8) is 0 Å². The third-order valence-electron chi connectivity index (χ3n) is 2.75. The van der Waals surface area contributed by atoms with Gasteiger partial charge >= 0.3 is 0 Å². The lowest BCUT2D eigenvalue weighted by Crippen LogP contribution is -2.34. The van der Waals surface area contributed by atoms with Gasteiger partial charge in [0.25, 0.3) is 5.91 Å². The zero-order valence-electron chi connectivity index (χ0n) is 12.2. The van der Waals surface area contributed by atoms with Crippen LogP contribution in [0.2, 0.25) is 0 Å². The van der Waals surface area contributed by atoms with E-state index in [0.717, 1.165) is 17.9 Å². The monoisotopic (exact) mass is 264 g/mol. The SMILES string of the molecule is CNCCNC(=O)COc1ccccc1C(C)(C)C. The molecular formula is C15H24N2O2. The molecule has 0 fully saturated rings. The maximum absolute atomic E-state index is 11.6. The van der Waals surface area contributed by atoms with Crippen LogP contribution in [0.5, 0.6) is 5.75 Å². The molecule has 1 aromatic carbocycles. The Bertz CT molecular complexity index is 411. The van der Waals surface area contributed by atoms with Gasteiger partial charge in [0.15, 0.2) is 6.61 Å². The second-order valence-electron chi connectivity index (χ2n) is 5.49. The smallest absolute Gasteiger partial charge is 0.257 e. The summed E-state index contributed by atoms with van der Waals surface area (Å²) in [4.78, 5) is 11.6. The Labute approximate surface area is 115 Å². The van der Waals surface area contributed by atoms with Crippen LogP contribution in [0.15, 0.2) is 24.3 Å². The molecule has 1 aromatic rings. The summed E-state index contributed by atoms with van der Waals surface area (Å²) in [5.74, 6) is 0.678. The molecule has 0 radical (unpaired) electrons. The minimum atomic E-state index is -0.0982. The van der Waals surface area contributed by atoms with Crippen molar-refractivity contribution in [2.45, 2.75) is 26.2 Å². The van der Waals surface area contributed by atoms with Gasteiger partial charge in [-0.15, -0.1) is 0 Å². The lowest BCUT2D eigenvalue weighted by Gasteiger charge is -2.22. The maximum Gasteiger partial charge on any atom is 0.257 e. The van der Waals surface area contributed by atoms with Gasteiger partial charge in [-0.1, -0.05) is 39.0 Å². The van der Waals surface area contributed by atoms with Crippen LogP contribution in [-0.4, -0.2) is 32.7 Å². The molecule has 0 heterocycles. The third-order valence-corrected chi connectivity index (χ3v) is 2.75. The fourth-order valence-corrected chi connectivity index (χ4v) is 1.73. The van der Waals surface area contributed by atoms with Gasteiger partial charge in [-0.3, -0.25) is 4.79 Å². The highest BCUT2D eigenvalue weighted by molar-refractivity contribution is 5.77. The lowest BCUT2D eigenvalue weighted by molar-refractivity contribution is -0.123. The Morgan fingerprint density at radius 2 is 1.89 bits per heavy atom.